The Kier molecular flexibility index (Phi) is 4.03. The molecule has 0 spiro atoms. The smallest absolute Gasteiger partial charge is 0.254 e. The van der Waals surface area contributed by atoms with Crippen LogP contribution in [0.5, 0.6) is 0 Å². The average molecular weight is 346 g/mol. The summed E-state index contributed by atoms with van der Waals surface area (Å²) >= 11 is 0. The maximum absolute atomic E-state index is 12.3. The van der Waals surface area contributed by atoms with Crippen molar-refractivity contribution in [3.05, 3.63) is 77.7 Å². The number of carbonyl (C=O) groups is 1. The molecule has 0 saturated carbocycles. The van der Waals surface area contributed by atoms with Gasteiger partial charge in [0.2, 0.25) is 5.91 Å². The molecule has 3 aromatic heterocycles. The van der Waals surface area contributed by atoms with Gasteiger partial charge in [0.1, 0.15) is 12.2 Å². The van der Waals surface area contributed by atoms with Crippen molar-refractivity contribution in [2.24, 2.45) is 0 Å². The van der Waals surface area contributed by atoms with Crippen molar-refractivity contribution in [1.82, 2.24) is 14.5 Å². The number of nitrogens with one attached hydrogen (secondary N) is 1. The quantitative estimate of drug-likeness (QED) is 0.613. The third-order valence-electron chi connectivity index (χ3n) is 3.87. The number of para-hydroxylation sites is 1. The Hall–Kier alpha value is -3.74. The number of hydrogen-bond donors (Lipinski definition) is 1. The third-order valence-corrected chi connectivity index (χ3v) is 3.87. The van der Waals surface area contributed by atoms with Crippen LogP contribution in [-0.4, -0.2) is 20.4 Å². The second-order valence-corrected chi connectivity index (χ2v) is 5.65. The summed E-state index contributed by atoms with van der Waals surface area (Å²) < 4.78 is 6.45. The average Bonchev–Trinajstić information content (AvgIpc) is 3.18. The number of nitrogens with zero attached hydrogens (tertiary/aromatic N) is 3. The topological polar surface area (TPSA) is 90.0 Å². The molecule has 0 radical (unpaired) electrons. The van der Waals surface area contributed by atoms with E-state index in [0.29, 0.717) is 22.7 Å². The molecular formula is C19H14N4O3. The van der Waals surface area contributed by atoms with E-state index in [1.165, 1.54) is 23.2 Å². The van der Waals surface area contributed by atoms with E-state index in [-0.39, 0.29) is 18.0 Å². The minimum atomic E-state index is -0.336. The molecule has 1 amide bonds. The van der Waals surface area contributed by atoms with Crippen LogP contribution in [-0.2, 0) is 11.3 Å². The first kappa shape index (κ1) is 15.8. The summed E-state index contributed by atoms with van der Waals surface area (Å²) in [6.45, 7) is -0.145. The fourth-order valence-corrected chi connectivity index (χ4v) is 2.65. The van der Waals surface area contributed by atoms with Crippen LogP contribution in [0.25, 0.3) is 22.4 Å². The van der Waals surface area contributed by atoms with Gasteiger partial charge in [-0.15, -0.1) is 0 Å². The number of furan rings is 1. The zero-order valence-corrected chi connectivity index (χ0v) is 13.6. The van der Waals surface area contributed by atoms with Gasteiger partial charge in [0.25, 0.3) is 5.56 Å². The second kappa shape index (κ2) is 6.64. The summed E-state index contributed by atoms with van der Waals surface area (Å²) in [4.78, 5) is 33.0. The molecule has 128 valence electrons. The lowest BCUT2D eigenvalue weighted by Crippen LogP contribution is -2.27. The predicted octanol–water partition coefficient (Wildman–Crippen LogP) is 2.69. The summed E-state index contributed by atoms with van der Waals surface area (Å²) in [6, 6.07) is 14.0. The molecule has 1 N–H and O–H groups in total. The van der Waals surface area contributed by atoms with Crippen LogP contribution >= 0.6 is 0 Å². The standard InChI is InChI=1S/C19H14N4O3/c24-17(22-14-6-1-4-13-5-2-8-20-19(13)14)11-23-12-21-15(10-18(23)25)16-7-3-9-26-16/h1-10,12H,11H2,(H,22,24). The Morgan fingerprint density at radius 1 is 1.12 bits per heavy atom. The lowest BCUT2D eigenvalue weighted by molar-refractivity contribution is -0.116. The van der Waals surface area contributed by atoms with E-state index in [4.69, 9.17) is 4.42 Å². The van der Waals surface area contributed by atoms with E-state index in [1.807, 2.05) is 24.3 Å². The monoisotopic (exact) mass is 346 g/mol. The lowest BCUT2D eigenvalue weighted by atomic mass is 10.2. The van der Waals surface area contributed by atoms with Crippen molar-refractivity contribution < 1.29 is 9.21 Å². The Morgan fingerprint density at radius 3 is 2.81 bits per heavy atom. The van der Waals surface area contributed by atoms with Crippen LogP contribution in [0, 0.1) is 0 Å². The summed E-state index contributed by atoms with van der Waals surface area (Å²) in [5.41, 5.74) is 1.39. The van der Waals surface area contributed by atoms with Gasteiger partial charge < -0.3 is 9.73 Å². The van der Waals surface area contributed by atoms with Crippen LogP contribution in [0.2, 0.25) is 0 Å². The molecule has 7 heteroatoms. The maximum atomic E-state index is 12.3. The molecule has 26 heavy (non-hydrogen) atoms. The normalized spacial score (nSPS) is 10.8. The number of fused-ring (bicyclic) bond motifs is 1. The highest BCUT2D eigenvalue weighted by Gasteiger charge is 2.10. The van der Waals surface area contributed by atoms with Gasteiger partial charge in [-0.2, -0.15) is 0 Å². The Bertz CT molecular complexity index is 1130. The molecule has 0 fully saturated rings. The molecular weight excluding hydrogens is 332 g/mol. The van der Waals surface area contributed by atoms with Crippen molar-refractivity contribution in [2.75, 3.05) is 5.32 Å². The molecule has 0 atom stereocenters. The number of aromatic nitrogens is 3. The third kappa shape index (κ3) is 3.10. The number of amides is 1. The van der Waals surface area contributed by atoms with Gasteiger partial charge in [0.15, 0.2) is 5.76 Å². The number of benzene rings is 1. The Balaban J connectivity index is 1.54. The summed E-state index contributed by atoms with van der Waals surface area (Å²) in [5, 5.41) is 3.72. The fourth-order valence-electron chi connectivity index (χ4n) is 2.65. The molecule has 7 nitrogen and oxygen atoms in total. The number of anilines is 1. The molecule has 0 bridgehead atoms. The number of hydrogen-bond acceptors (Lipinski definition) is 5. The van der Waals surface area contributed by atoms with E-state index in [2.05, 4.69) is 15.3 Å². The molecule has 0 saturated heterocycles. The van der Waals surface area contributed by atoms with E-state index in [9.17, 15) is 9.59 Å². The van der Waals surface area contributed by atoms with Gasteiger partial charge in [-0.25, -0.2) is 4.98 Å². The zero-order valence-electron chi connectivity index (χ0n) is 13.6. The van der Waals surface area contributed by atoms with Gasteiger partial charge in [-0.05, 0) is 24.3 Å². The van der Waals surface area contributed by atoms with Gasteiger partial charge in [0, 0.05) is 17.6 Å². The van der Waals surface area contributed by atoms with E-state index in [0.717, 1.165) is 5.39 Å². The maximum Gasteiger partial charge on any atom is 0.254 e. The summed E-state index contributed by atoms with van der Waals surface area (Å²) in [5.74, 6) is 0.165. The van der Waals surface area contributed by atoms with E-state index >= 15 is 0 Å². The molecule has 0 aliphatic heterocycles. The highest BCUT2D eigenvalue weighted by atomic mass is 16.3. The molecule has 1 aromatic carbocycles. The Labute approximate surface area is 147 Å². The van der Waals surface area contributed by atoms with Crippen molar-refractivity contribution in [3.8, 4) is 11.5 Å². The van der Waals surface area contributed by atoms with Gasteiger partial charge in [-0.1, -0.05) is 18.2 Å². The predicted molar refractivity (Wildman–Crippen MR) is 96.6 cm³/mol. The minimum absolute atomic E-state index is 0.145. The molecule has 4 rings (SSSR count). The SMILES string of the molecule is O=C(Cn1cnc(-c2ccco2)cc1=O)Nc1cccc2cccnc12. The van der Waals surface area contributed by atoms with Crippen molar-refractivity contribution >= 4 is 22.5 Å². The fraction of sp³-hybridized carbons (Fsp3) is 0.0526. The zero-order chi connectivity index (χ0) is 17.9. The lowest BCUT2D eigenvalue weighted by Gasteiger charge is -2.09. The van der Waals surface area contributed by atoms with E-state index < -0.39 is 0 Å². The largest absolute Gasteiger partial charge is 0.463 e. The first-order chi connectivity index (χ1) is 12.7. The number of pyridine rings is 1. The molecule has 0 aliphatic carbocycles. The van der Waals surface area contributed by atoms with Gasteiger partial charge in [0.05, 0.1) is 23.8 Å². The highest BCUT2D eigenvalue weighted by Crippen LogP contribution is 2.20. The first-order valence-electron chi connectivity index (χ1n) is 7.95. The molecule has 4 aromatic rings. The van der Waals surface area contributed by atoms with Crippen molar-refractivity contribution in [3.63, 3.8) is 0 Å². The second-order valence-electron chi connectivity index (χ2n) is 5.65. The van der Waals surface area contributed by atoms with Crippen LogP contribution in [0.1, 0.15) is 0 Å². The number of rotatable bonds is 4. The Morgan fingerprint density at radius 2 is 2.00 bits per heavy atom. The van der Waals surface area contributed by atoms with Crippen LogP contribution < -0.4 is 10.9 Å². The molecule has 0 aliphatic rings. The molecule has 0 unspecified atom stereocenters. The van der Waals surface area contributed by atoms with Gasteiger partial charge >= 0.3 is 0 Å². The summed E-state index contributed by atoms with van der Waals surface area (Å²) in [7, 11) is 0. The summed E-state index contributed by atoms with van der Waals surface area (Å²) in [6.07, 6.45) is 4.51. The van der Waals surface area contributed by atoms with Gasteiger partial charge in [-0.3, -0.25) is 19.1 Å². The molecule has 3 heterocycles. The van der Waals surface area contributed by atoms with Crippen LogP contribution in [0.4, 0.5) is 5.69 Å². The number of carbonyl (C=O) groups excluding carboxylic acids is 1. The highest BCUT2D eigenvalue weighted by molar-refractivity contribution is 6.00. The van der Waals surface area contributed by atoms with Crippen molar-refractivity contribution in [2.45, 2.75) is 6.54 Å². The van der Waals surface area contributed by atoms with E-state index in [1.54, 1.807) is 24.4 Å². The van der Waals surface area contributed by atoms with Crippen LogP contribution in [0.3, 0.4) is 0 Å². The first-order valence-corrected chi connectivity index (χ1v) is 7.95. The van der Waals surface area contributed by atoms with Crippen LogP contribution in [0.15, 0.2) is 76.5 Å². The van der Waals surface area contributed by atoms with Crippen molar-refractivity contribution in [1.29, 1.82) is 0 Å². The minimum Gasteiger partial charge on any atom is -0.463 e.